The lowest BCUT2D eigenvalue weighted by atomic mass is 9.96. The van der Waals surface area contributed by atoms with Gasteiger partial charge in [-0.3, -0.25) is 9.59 Å². The SMILES string of the molecule is O=C(NCc1ccco1)C(=O)NCC1(OCCO)CCSCC1. The number of aliphatic hydroxyl groups excluding tert-OH is 1. The maximum atomic E-state index is 11.9. The first-order chi connectivity index (χ1) is 11.2. The van der Waals surface area contributed by atoms with Gasteiger partial charge in [-0.05, 0) is 36.5 Å². The van der Waals surface area contributed by atoms with Crippen molar-refractivity contribution in [3.05, 3.63) is 24.2 Å². The lowest BCUT2D eigenvalue weighted by molar-refractivity contribution is -0.140. The summed E-state index contributed by atoms with van der Waals surface area (Å²) >= 11 is 1.83. The number of aliphatic hydroxyl groups is 1. The van der Waals surface area contributed by atoms with Crippen molar-refractivity contribution in [2.75, 3.05) is 31.3 Å². The smallest absolute Gasteiger partial charge is 0.309 e. The molecule has 0 atom stereocenters. The summed E-state index contributed by atoms with van der Waals surface area (Å²) in [6.45, 7) is 0.598. The van der Waals surface area contributed by atoms with E-state index in [0.29, 0.717) is 5.76 Å². The van der Waals surface area contributed by atoms with Gasteiger partial charge in [0, 0.05) is 6.54 Å². The molecule has 3 N–H and O–H groups in total. The van der Waals surface area contributed by atoms with Crippen molar-refractivity contribution < 1.29 is 23.8 Å². The molecule has 23 heavy (non-hydrogen) atoms. The number of hydrogen-bond donors (Lipinski definition) is 3. The van der Waals surface area contributed by atoms with Crippen molar-refractivity contribution in [1.82, 2.24) is 10.6 Å². The van der Waals surface area contributed by atoms with E-state index in [1.807, 2.05) is 11.8 Å². The Morgan fingerprint density at radius 3 is 2.70 bits per heavy atom. The average Bonchev–Trinajstić information content (AvgIpc) is 3.10. The maximum absolute atomic E-state index is 11.9. The van der Waals surface area contributed by atoms with Crippen LogP contribution in [-0.4, -0.2) is 53.8 Å². The van der Waals surface area contributed by atoms with Gasteiger partial charge in [-0.25, -0.2) is 0 Å². The van der Waals surface area contributed by atoms with Gasteiger partial charge in [-0.15, -0.1) is 0 Å². The zero-order chi connectivity index (χ0) is 16.5. The molecule has 0 aromatic carbocycles. The number of thioether (sulfide) groups is 1. The van der Waals surface area contributed by atoms with Crippen LogP contribution in [-0.2, 0) is 20.9 Å². The van der Waals surface area contributed by atoms with Gasteiger partial charge < -0.3 is 24.9 Å². The van der Waals surface area contributed by atoms with Crippen LogP contribution in [0.2, 0.25) is 0 Å². The van der Waals surface area contributed by atoms with Crippen molar-refractivity contribution in [2.24, 2.45) is 0 Å². The number of carbonyl (C=O) groups is 2. The quantitative estimate of drug-likeness (QED) is 0.616. The molecule has 8 heteroatoms. The first-order valence-corrected chi connectivity index (χ1v) is 8.72. The maximum Gasteiger partial charge on any atom is 0.309 e. The molecular weight excluding hydrogens is 320 g/mol. The molecule has 0 radical (unpaired) electrons. The number of ether oxygens (including phenoxy) is 1. The van der Waals surface area contributed by atoms with Crippen LogP contribution in [0.15, 0.2) is 22.8 Å². The minimum absolute atomic E-state index is 0.0630. The minimum atomic E-state index is -0.705. The molecule has 1 aromatic rings. The normalized spacial score (nSPS) is 16.7. The molecule has 2 heterocycles. The highest BCUT2D eigenvalue weighted by Gasteiger charge is 2.34. The van der Waals surface area contributed by atoms with Crippen LogP contribution in [0.5, 0.6) is 0 Å². The predicted molar refractivity (Wildman–Crippen MR) is 85.9 cm³/mol. The van der Waals surface area contributed by atoms with Gasteiger partial charge in [0.2, 0.25) is 0 Å². The van der Waals surface area contributed by atoms with Gasteiger partial charge in [-0.2, -0.15) is 11.8 Å². The van der Waals surface area contributed by atoms with Gasteiger partial charge >= 0.3 is 11.8 Å². The molecule has 7 nitrogen and oxygen atoms in total. The van der Waals surface area contributed by atoms with E-state index in [1.54, 1.807) is 12.1 Å². The van der Waals surface area contributed by atoms with Crippen molar-refractivity contribution in [1.29, 1.82) is 0 Å². The van der Waals surface area contributed by atoms with E-state index in [-0.39, 0.29) is 26.3 Å². The molecular formula is C15H22N2O5S. The zero-order valence-corrected chi connectivity index (χ0v) is 13.7. The predicted octanol–water partition coefficient (Wildman–Crippen LogP) is 0.287. The standard InChI is InChI=1S/C15H22N2O5S/c18-5-7-22-15(3-8-23-9-4-15)11-17-14(20)13(19)16-10-12-2-1-6-21-12/h1-2,6,18H,3-5,7-11H2,(H,16,19)(H,17,20). The van der Waals surface area contributed by atoms with Crippen LogP contribution in [0.3, 0.4) is 0 Å². The Hall–Kier alpha value is -1.51. The Bertz CT molecular complexity index is 500. The Morgan fingerprint density at radius 2 is 2.04 bits per heavy atom. The first-order valence-electron chi connectivity index (χ1n) is 7.56. The van der Waals surface area contributed by atoms with E-state index in [9.17, 15) is 9.59 Å². The number of carbonyl (C=O) groups excluding carboxylic acids is 2. The molecule has 0 bridgehead atoms. The van der Waals surface area contributed by atoms with Crippen molar-refractivity contribution in [3.8, 4) is 0 Å². The third-order valence-corrected chi connectivity index (χ3v) is 4.67. The van der Waals surface area contributed by atoms with Crippen LogP contribution in [0, 0.1) is 0 Å². The Labute approximate surface area is 139 Å². The summed E-state index contributed by atoms with van der Waals surface area (Å²) < 4.78 is 10.8. The fourth-order valence-electron chi connectivity index (χ4n) is 2.36. The van der Waals surface area contributed by atoms with E-state index in [4.69, 9.17) is 14.3 Å². The second-order valence-electron chi connectivity index (χ2n) is 5.31. The highest BCUT2D eigenvalue weighted by Crippen LogP contribution is 2.29. The van der Waals surface area contributed by atoms with E-state index in [0.717, 1.165) is 24.3 Å². The van der Waals surface area contributed by atoms with Crippen molar-refractivity contribution in [3.63, 3.8) is 0 Å². The number of hydrogen-bond acceptors (Lipinski definition) is 6. The summed E-state index contributed by atoms with van der Waals surface area (Å²) in [6.07, 6.45) is 3.07. The third kappa shape index (κ3) is 5.56. The Kier molecular flexibility index (Phi) is 6.94. The molecule has 128 valence electrons. The number of rotatable bonds is 7. The summed E-state index contributed by atoms with van der Waals surface area (Å²) in [5, 5.41) is 14.1. The lowest BCUT2D eigenvalue weighted by Gasteiger charge is -2.36. The van der Waals surface area contributed by atoms with Crippen LogP contribution in [0.25, 0.3) is 0 Å². The summed E-state index contributed by atoms with van der Waals surface area (Å²) in [5.41, 5.74) is -0.495. The Balaban J connectivity index is 1.79. The van der Waals surface area contributed by atoms with E-state index in [1.165, 1.54) is 6.26 Å². The van der Waals surface area contributed by atoms with Crippen molar-refractivity contribution >= 4 is 23.6 Å². The van der Waals surface area contributed by atoms with Gasteiger partial charge in [-0.1, -0.05) is 0 Å². The number of amides is 2. The highest BCUT2D eigenvalue weighted by molar-refractivity contribution is 7.99. The highest BCUT2D eigenvalue weighted by atomic mass is 32.2. The number of furan rings is 1. The zero-order valence-electron chi connectivity index (χ0n) is 12.9. The monoisotopic (exact) mass is 342 g/mol. The molecule has 1 saturated heterocycles. The van der Waals surface area contributed by atoms with Crippen LogP contribution in [0.1, 0.15) is 18.6 Å². The molecule has 1 aromatic heterocycles. The summed E-state index contributed by atoms with van der Waals surface area (Å²) in [4.78, 5) is 23.7. The molecule has 1 aliphatic heterocycles. The molecule has 2 amide bonds. The van der Waals surface area contributed by atoms with Crippen LogP contribution < -0.4 is 10.6 Å². The number of nitrogens with one attached hydrogen (secondary N) is 2. The second kappa shape index (κ2) is 8.95. The first kappa shape index (κ1) is 17.8. The van der Waals surface area contributed by atoms with E-state index < -0.39 is 17.4 Å². The van der Waals surface area contributed by atoms with Gasteiger partial charge in [0.15, 0.2) is 0 Å². The minimum Gasteiger partial charge on any atom is -0.467 e. The fraction of sp³-hybridized carbons (Fsp3) is 0.600. The third-order valence-electron chi connectivity index (χ3n) is 3.68. The summed E-state index contributed by atoms with van der Waals surface area (Å²) in [7, 11) is 0. The summed E-state index contributed by atoms with van der Waals surface area (Å²) in [6, 6.07) is 3.43. The van der Waals surface area contributed by atoms with Crippen LogP contribution in [0.4, 0.5) is 0 Å². The second-order valence-corrected chi connectivity index (χ2v) is 6.54. The van der Waals surface area contributed by atoms with Gasteiger partial charge in [0.25, 0.3) is 0 Å². The molecule has 1 aliphatic rings. The molecule has 2 rings (SSSR count). The summed E-state index contributed by atoms with van der Waals surface area (Å²) in [5.74, 6) is 1.06. The molecule has 0 saturated carbocycles. The van der Waals surface area contributed by atoms with Gasteiger partial charge in [0.1, 0.15) is 5.76 Å². The van der Waals surface area contributed by atoms with Crippen LogP contribution >= 0.6 is 11.8 Å². The average molecular weight is 342 g/mol. The Morgan fingerprint density at radius 1 is 1.30 bits per heavy atom. The van der Waals surface area contributed by atoms with Crippen molar-refractivity contribution in [2.45, 2.75) is 25.0 Å². The largest absolute Gasteiger partial charge is 0.467 e. The molecule has 0 aliphatic carbocycles. The molecule has 0 unspecified atom stereocenters. The van der Waals surface area contributed by atoms with E-state index in [2.05, 4.69) is 10.6 Å². The molecule has 0 spiro atoms. The fourth-order valence-corrected chi connectivity index (χ4v) is 3.60. The lowest BCUT2D eigenvalue weighted by Crippen LogP contribution is -2.50. The molecule has 1 fully saturated rings. The van der Waals surface area contributed by atoms with Gasteiger partial charge in [0.05, 0.1) is 31.6 Å². The van der Waals surface area contributed by atoms with E-state index >= 15 is 0 Å². The topological polar surface area (TPSA) is 101 Å².